The van der Waals surface area contributed by atoms with E-state index in [-0.39, 0.29) is 5.56 Å². The van der Waals surface area contributed by atoms with Crippen LogP contribution in [0, 0.1) is 0 Å². The maximum Gasteiger partial charge on any atom is 0.268 e. The molecule has 0 amide bonds. The fourth-order valence-corrected chi connectivity index (χ4v) is 2.97. The Hall–Kier alpha value is -1.24. The number of hydrogen-bond acceptors (Lipinski definition) is 5. The van der Waals surface area contributed by atoms with Gasteiger partial charge in [-0.05, 0) is 24.3 Å². The molecule has 3 heterocycles. The standard InChI is InChI=1S/C12H16N4OS/c17-12-11-9(4-7-18-11)14-10(15-12)8-13-16-5-2-1-3-6-16/h4,7,13H,1-3,5-6,8H2,(H,14,15,17). The molecule has 1 fully saturated rings. The monoisotopic (exact) mass is 264 g/mol. The summed E-state index contributed by atoms with van der Waals surface area (Å²) in [6.07, 6.45) is 3.79. The predicted octanol–water partition coefficient (Wildman–Crippen LogP) is 1.48. The highest BCUT2D eigenvalue weighted by atomic mass is 32.1. The summed E-state index contributed by atoms with van der Waals surface area (Å²) >= 11 is 1.43. The van der Waals surface area contributed by atoms with Crippen LogP contribution in [0.25, 0.3) is 10.2 Å². The Morgan fingerprint density at radius 1 is 1.39 bits per heavy atom. The average Bonchev–Trinajstić information content (AvgIpc) is 2.86. The molecule has 96 valence electrons. The number of piperidine rings is 1. The average molecular weight is 264 g/mol. The van der Waals surface area contributed by atoms with Crippen LogP contribution < -0.4 is 11.0 Å². The molecule has 0 atom stereocenters. The smallest absolute Gasteiger partial charge is 0.268 e. The van der Waals surface area contributed by atoms with E-state index in [0.29, 0.717) is 17.1 Å². The molecule has 0 aromatic carbocycles. The molecule has 2 aromatic rings. The van der Waals surface area contributed by atoms with Gasteiger partial charge in [0.2, 0.25) is 0 Å². The van der Waals surface area contributed by atoms with Gasteiger partial charge in [0.1, 0.15) is 10.5 Å². The maximum absolute atomic E-state index is 11.8. The van der Waals surface area contributed by atoms with Crippen molar-refractivity contribution < 1.29 is 0 Å². The van der Waals surface area contributed by atoms with Crippen molar-refractivity contribution in [2.45, 2.75) is 25.8 Å². The van der Waals surface area contributed by atoms with Crippen LogP contribution in [0.1, 0.15) is 25.1 Å². The SMILES string of the molecule is O=c1[nH]c(CNN2CCCCC2)nc2ccsc12. The molecular formula is C12H16N4OS. The molecule has 2 N–H and O–H groups in total. The van der Waals surface area contributed by atoms with E-state index in [1.54, 1.807) is 0 Å². The number of hydrogen-bond donors (Lipinski definition) is 2. The Balaban J connectivity index is 1.72. The highest BCUT2D eigenvalue weighted by Gasteiger charge is 2.10. The number of H-pyrrole nitrogens is 1. The second kappa shape index (κ2) is 5.17. The summed E-state index contributed by atoms with van der Waals surface area (Å²) in [4.78, 5) is 19.1. The number of aromatic amines is 1. The first kappa shape index (κ1) is 11.8. The molecule has 6 heteroatoms. The molecule has 0 unspecified atom stereocenters. The van der Waals surface area contributed by atoms with E-state index in [1.165, 1.54) is 30.6 Å². The molecule has 0 aliphatic carbocycles. The molecule has 3 rings (SSSR count). The number of hydrazine groups is 1. The van der Waals surface area contributed by atoms with Crippen molar-refractivity contribution >= 4 is 21.6 Å². The highest BCUT2D eigenvalue weighted by Crippen LogP contribution is 2.13. The predicted molar refractivity (Wildman–Crippen MR) is 72.5 cm³/mol. The fraction of sp³-hybridized carbons (Fsp3) is 0.500. The Kier molecular flexibility index (Phi) is 3.40. The zero-order valence-corrected chi connectivity index (χ0v) is 10.9. The van der Waals surface area contributed by atoms with Crippen molar-refractivity contribution in [2.24, 2.45) is 0 Å². The van der Waals surface area contributed by atoms with Crippen molar-refractivity contribution in [1.82, 2.24) is 20.4 Å². The van der Waals surface area contributed by atoms with Gasteiger partial charge in [0.25, 0.3) is 5.56 Å². The lowest BCUT2D eigenvalue weighted by Gasteiger charge is -2.26. The third-order valence-electron chi connectivity index (χ3n) is 3.19. The van der Waals surface area contributed by atoms with Gasteiger partial charge in [-0.25, -0.2) is 15.4 Å². The summed E-state index contributed by atoms with van der Waals surface area (Å²) in [7, 11) is 0. The minimum absolute atomic E-state index is 0.0366. The van der Waals surface area contributed by atoms with E-state index in [2.05, 4.69) is 20.4 Å². The van der Waals surface area contributed by atoms with Crippen LogP contribution in [-0.2, 0) is 6.54 Å². The van der Waals surface area contributed by atoms with Crippen molar-refractivity contribution in [1.29, 1.82) is 0 Å². The van der Waals surface area contributed by atoms with Crippen LogP contribution in [-0.4, -0.2) is 28.1 Å². The molecule has 5 nitrogen and oxygen atoms in total. The quantitative estimate of drug-likeness (QED) is 0.881. The third kappa shape index (κ3) is 2.45. The van der Waals surface area contributed by atoms with Crippen LogP contribution in [0.3, 0.4) is 0 Å². The van der Waals surface area contributed by atoms with Gasteiger partial charge in [-0.3, -0.25) is 4.79 Å². The van der Waals surface area contributed by atoms with E-state index in [1.807, 2.05) is 11.4 Å². The fourth-order valence-electron chi connectivity index (χ4n) is 2.24. The molecule has 0 spiro atoms. The lowest BCUT2D eigenvalue weighted by Crippen LogP contribution is -2.41. The van der Waals surface area contributed by atoms with Crippen LogP contribution >= 0.6 is 11.3 Å². The number of nitrogens with one attached hydrogen (secondary N) is 2. The second-order valence-corrected chi connectivity index (χ2v) is 5.45. The zero-order chi connectivity index (χ0) is 12.4. The first-order valence-corrected chi connectivity index (χ1v) is 7.16. The number of fused-ring (bicyclic) bond motifs is 1. The molecule has 1 aliphatic heterocycles. The summed E-state index contributed by atoms with van der Waals surface area (Å²) in [5.74, 6) is 0.705. The summed E-state index contributed by atoms with van der Waals surface area (Å²) in [6, 6.07) is 1.89. The Morgan fingerprint density at radius 2 is 2.22 bits per heavy atom. The van der Waals surface area contributed by atoms with Gasteiger partial charge in [-0.2, -0.15) is 0 Å². The van der Waals surface area contributed by atoms with Gasteiger partial charge >= 0.3 is 0 Å². The third-order valence-corrected chi connectivity index (χ3v) is 4.09. The lowest BCUT2D eigenvalue weighted by atomic mass is 10.2. The largest absolute Gasteiger partial charge is 0.308 e. The molecule has 1 aliphatic rings. The molecule has 2 aromatic heterocycles. The number of rotatable bonds is 3. The van der Waals surface area contributed by atoms with Crippen LogP contribution in [0.5, 0.6) is 0 Å². The Morgan fingerprint density at radius 3 is 3.06 bits per heavy atom. The Bertz CT molecular complexity index is 585. The number of aromatic nitrogens is 2. The highest BCUT2D eigenvalue weighted by molar-refractivity contribution is 7.17. The van der Waals surface area contributed by atoms with Crippen molar-refractivity contribution in [3.05, 3.63) is 27.6 Å². The van der Waals surface area contributed by atoms with Crippen molar-refractivity contribution in [3.8, 4) is 0 Å². The Labute approximate surface area is 109 Å². The topological polar surface area (TPSA) is 61.0 Å². The van der Waals surface area contributed by atoms with Crippen LogP contribution in [0.4, 0.5) is 0 Å². The first-order chi connectivity index (χ1) is 8.83. The molecule has 0 bridgehead atoms. The molecule has 0 saturated carbocycles. The van der Waals surface area contributed by atoms with Crippen molar-refractivity contribution in [2.75, 3.05) is 13.1 Å². The normalized spacial score (nSPS) is 17.3. The van der Waals surface area contributed by atoms with E-state index in [9.17, 15) is 4.79 Å². The summed E-state index contributed by atoms with van der Waals surface area (Å²) in [6.45, 7) is 2.73. The van der Waals surface area contributed by atoms with Gasteiger partial charge in [-0.15, -0.1) is 11.3 Å². The van der Waals surface area contributed by atoms with E-state index in [0.717, 1.165) is 18.6 Å². The number of thiophene rings is 1. The van der Waals surface area contributed by atoms with E-state index < -0.39 is 0 Å². The van der Waals surface area contributed by atoms with Gasteiger partial charge in [0.15, 0.2) is 0 Å². The van der Waals surface area contributed by atoms with Gasteiger partial charge < -0.3 is 4.98 Å². The van der Waals surface area contributed by atoms with E-state index >= 15 is 0 Å². The molecule has 1 saturated heterocycles. The molecule has 18 heavy (non-hydrogen) atoms. The van der Waals surface area contributed by atoms with Gasteiger partial charge in [-0.1, -0.05) is 6.42 Å². The summed E-state index contributed by atoms with van der Waals surface area (Å²) < 4.78 is 0.705. The van der Waals surface area contributed by atoms with Crippen molar-refractivity contribution in [3.63, 3.8) is 0 Å². The molecular weight excluding hydrogens is 248 g/mol. The minimum Gasteiger partial charge on any atom is -0.308 e. The van der Waals surface area contributed by atoms with E-state index in [4.69, 9.17) is 0 Å². The van der Waals surface area contributed by atoms with Gasteiger partial charge in [0.05, 0.1) is 12.1 Å². The van der Waals surface area contributed by atoms with Crippen LogP contribution in [0.15, 0.2) is 16.2 Å². The first-order valence-electron chi connectivity index (χ1n) is 6.28. The number of nitrogens with zero attached hydrogens (tertiary/aromatic N) is 2. The summed E-state index contributed by atoms with van der Waals surface area (Å²) in [5.41, 5.74) is 4.08. The minimum atomic E-state index is -0.0366. The van der Waals surface area contributed by atoms with Crippen LogP contribution in [0.2, 0.25) is 0 Å². The lowest BCUT2D eigenvalue weighted by molar-refractivity contribution is 0.149. The second-order valence-electron chi connectivity index (χ2n) is 4.53. The van der Waals surface area contributed by atoms with Gasteiger partial charge in [0, 0.05) is 13.1 Å². The summed E-state index contributed by atoms with van der Waals surface area (Å²) in [5, 5.41) is 4.11. The zero-order valence-electron chi connectivity index (χ0n) is 10.1. The maximum atomic E-state index is 11.8. The molecule has 0 radical (unpaired) electrons.